The van der Waals surface area contributed by atoms with E-state index < -0.39 is 0 Å². The van der Waals surface area contributed by atoms with E-state index in [1.54, 1.807) is 0 Å². The van der Waals surface area contributed by atoms with Gasteiger partial charge in [-0.15, -0.1) is 0 Å². The van der Waals surface area contributed by atoms with Crippen molar-refractivity contribution in [2.45, 2.75) is 19.3 Å². The molecule has 1 nitrogen and oxygen atoms in total. The van der Waals surface area contributed by atoms with E-state index in [1.165, 1.54) is 11.1 Å². The number of benzene rings is 1. The molecule has 0 aromatic heterocycles. The highest BCUT2D eigenvalue weighted by Gasteiger charge is 2.37. The van der Waals surface area contributed by atoms with Crippen LogP contribution in [0.4, 0.5) is 0 Å². The van der Waals surface area contributed by atoms with E-state index in [2.05, 4.69) is 41.1 Å². The van der Waals surface area contributed by atoms with E-state index in [4.69, 9.17) is 5.11 Å². The van der Waals surface area contributed by atoms with Crippen molar-refractivity contribution in [3.63, 3.8) is 0 Å². The van der Waals surface area contributed by atoms with E-state index in [1.807, 2.05) is 0 Å². The van der Waals surface area contributed by atoms with Crippen molar-refractivity contribution in [3.05, 3.63) is 33.8 Å². The summed E-state index contributed by atoms with van der Waals surface area (Å²) in [7, 11) is 0. The Kier molecular flexibility index (Phi) is 2.43. The van der Waals surface area contributed by atoms with Gasteiger partial charge in [0.2, 0.25) is 0 Å². The predicted octanol–water partition coefficient (Wildman–Crippen LogP) is 2.85. The topological polar surface area (TPSA) is 20.2 Å². The first-order valence-corrected chi connectivity index (χ1v) is 5.38. The van der Waals surface area contributed by atoms with Crippen LogP contribution in [-0.2, 0) is 0 Å². The Labute approximate surface area is 86.9 Å². The molecular weight excluding hydrogens is 228 g/mol. The third-order valence-electron chi connectivity index (χ3n) is 2.77. The van der Waals surface area contributed by atoms with Crippen LogP contribution in [0.5, 0.6) is 0 Å². The smallest absolute Gasteiger partial charge is 0.0465 e. The van der Waals surface area contributed by atoms with E-state index >= 15 is 0 Å². The van der Waals surface area contributed by atoms with Gasteiger partial charge in [0, 0.05) is 11.1 Å². The largest absolute Gasteiger partial charge is 0.396 e. The second-order valence-electron chi connectivity index (χ2n) is 3.79. The van der Waals surface area contributed by atoms with Crippen molar-refractivity contribution >= 4 is 15.9 Å². The van der Waals surface area contributed by atoms with Gasteiger partial charge in [-0.05, 0) is 42.4 Å². The summed E-state index contributed by atoms with van der Waals surface area (Å²) in [6.07, 6.45) is 1.15. The Balaban J connectivity index is 2.19. The van der Waals surface area contributed by atoms with Gasteiger partial charge < -0.3 is 5.11 Å². The molecule has 2 rings (SSSR count). The summed E-state index contributed by atoms with van der Waals surface area (Å²) in [5.74, 6) is 1.12. The van der Waals surface area contributed by atoms with E-state index in [0.29, 0.717) is 18.4 Å². The van der Waals surface area contributed by atoms with Crippen molar-refractivity contribution in [3.8, 4) is 0 Å². The van der Waals surface area contributed by atoms with E-state index in [0.717, 1.165) is 10.9 Å². The van der Waals surface area contributed by atoms with Gasteiger partial charge in [-0.3, -0.25) is 0 Å². The highest BCUT2D eigenvalue weighted by atomic mass is 79.9. The summed E-state index contributed by atoms with van der Waals surface area (Å²) in [6, 6.07) is 6.46. The SMILES string of the molecule is Cc1cc(C2CC2CO)ccc1Br. The molecule has 0 bridgehead atoms. The second kappa shape index (κ2) is 3.43. The summed E-state index contributed by atoms with van der Waals surface area (Å²) >= 11 is 3.48. The van der Waals surface area contributed by atoms with Crippen LogP contribution in [0, 0.1) is 12.8 Å². The van der Waals surface area contributed by atoms with Crippen LogP contribution in [0.25, 0.3) is 0 Å². The molecule has 1 aromatic carbocycles. The number of aliphatic hydroxyl groups excluding tert-OH is 1. The summed E-state index contributed by atoms with van der Waals surface area (Å²) in [5, 5.41) is 8.95. The molecule has 0 amide bonds. The first-order valence-electron chi connectivity index (χ1n) is 4.59. The molecule has 1 N–H and O–H groups in total. The molecule has 70 valence electrons. The third kappa shape index (κ3) is 1.79. The summed E-state index contributed by atoms with van der Waals surface area (Å²) in [6.45, 7) is 2.43. The molecule has 1 aliphatic rings. The minimum atomic E-state index is 0.333. The van der Waals surface area contributed by atoms with Crippen molar-refractivity contribution in [1.82, 2.24) is 0 Å². The molecule has 13 heavy (non-hydrogen) atoms. The summed E-state index contributed by atoms with van der Waals surface area (Å²) in [5.41, 5.74) is 2.65. The maximum absolute atomic E-state index is 8.95. The second-order valence-corrected chi connectivity index (χ2v) is 4.65. The first-order chi connectivity index (χ1) is 6.22. The molecule has 0 spiro atoms. The van der Waals surface area contributed by atoms with Gasteiger partial charge in [-0.2, -0.15) is 0 Å². The summed E-state index contributed by atoms with van der Waals surface area (Å²) in [4.78, 5) is 0. The minimum absolute atomic E-state index is 0.333. The van der Waals surface area contributed by atoms with E-state index in [-0.39, 0.29) is 0 Å². The standard InChI is InChI=1S/C11H13BrO/c1-7-4-8(2-3-11(7)12)10-5-9(10)6-13/h2-4,9-10,13H,5-6H2,1H3. The lowest BCUT2D eigenvalue weighted by Gasteiger charge is -2.02. The van der Waals surface area contributed by atoms with Crippen molar-refractivity contribution < 1.29 is 5.11 Å². The maximum atomic E-state index is 8.95. The van der Waals surface area contributed by atoms with Gasteiger partial charge in [0.15, 0.2) is 0 Å². The summed E-state index contributed by atoms with van der Waals surface area (Å²) < 4.78 is 1.16. The van der Waals surface area contributed by atoms with Crippen LogP contribution in [0.1, 0.15) is 23.5 Å². The maximum Gasteiger partial charge on any atom is 0.0465 e. The number of hydrogen-bond donors (Lipinski definition) is 1. The molecule has 0 aliphatic heterocycles. The van der Waals surface area contributed by atoms with Gasteiger partial charge in [0.25, 0.3) is 0 Å². The Morgan fingerprint density at radius 1 is 1.54 bits per heavy atom. The van der Waals surface area contributed by atoms with Crippen molar-refractivity contribution in [1.29, 1.82) is 0 Å². The van der Waals surface area contributed by atoms with Crippen molar-refractivity contribution in [2.75, 3.05) is 6.61 Å². The minimum Gasteiger partial charge on any atom is -0.396 e. The lowest BCUT2D eigenvalue weighted by Crippen LogP contribution is -1.89. The van der Waals surface area contributed by atoms with Gasteiger partial charge in [-0.25, -0.2) is 0 Å². The Morgan fingerprint density at radius 3 is 2.85 bits per heavy atom. The molecule has 2 unspecified atom stereocenters. The molecule has 0 saturated heterocycles. The van der Waals surface area contributed by atoms with Gasteiger partial charge >= 0.3 is 0 Å². The fourth-order valence-corrected chi connectivity index (χ4v) is 2.00. The molecule has 2 heteroatoms. The fourth-order valence-electron chi connectivity index (χ4n) is 1.76. The highest BCUT2D eigenvalue weighted by Crippen LogP contribution is 2.47. The zero-order valence-electron chi connectivity index (χ0n) is 7.63. The van der Waals surface area contributed by atoms with Crippen LogP contribution in [-0.4, -0.2) is 11.7 Å². The molecule has 2 atom stereocenters. The monoisotopic (exact) mass is 240 g/mol. The molecule has 0 radical (unpaired) electrons. The number of aliphatic hydroxyl groups is 1. The van der Waals surface area contributed by atoms with Crippen LogP contribution in [0.3, 0.4) is 0 Å². The normalized spacial score (nSPS) is 26.1. The molecule has 1 aliphatic carbocycles. The molecule has 1 fully saturated rings. The molecular formula is C11H13BrO. The van der Waals surface area contributed by atoms with Gasteiger partial charge in [0.05, 0.1) is 0 Å². The average Bonchev–Trinajstić information content (AvgIpc) is 2.88. The number of halogens is 1. The first kappa shape index (κ1) is 9.22. The fraction of sp³-hybridized carbons (Fsp3) is 0.455. The quantitative estimate of drug-likeness (QED) is 0.844. The molecule has 0 heterocycles. The zero-order chi connectivity index (χ0) is 9.42. The third-order valence-corrected chi connectivity index (χ3v) is 3.66. The van der Waals surface area contributed by atoms with Crippen LogP contribution in [0.15, 0.2) is 22.7 Å². The number of rotatable bonds is 2. The Bertz CT molecular complexity index is 322. The van der Waals surface area contributed by atoms with Crippen molar-refractivity contribution in [2.24, 2.45) is 5.92 Å². The lowest BCUT2D eigenvalue weighted by atomic mass is 10.1. The Hall–Kier alpha value is -0.340. The van der Waals surface area contributed by atoms with Crippen LogP contribution < -0.4 is 0 Å². The zero-order valence-corrected chi connectivity index (χ0v) is 9.21. The molecule has 1 aromatic rings. The average molecular weight is 241 g/mol. The van der Waals surface area contributed by atoms with E-state index in [9.17, 15) is 0 Å². The lowest BCUT2D eigenvalue weighted by molar-refractivity contribution is 0.274. The molecule has 1 saturated carbocycles. The van der Waals surface area contributed by atoms with Gasteiger partial charge in [0.1, 0.15) is 0 Å². The van der Waals surface area contributed by atoms with Gasteiger partial charge in [-0.1, -0.05) is 28.1 Å². The van der Waals surface area contributed by atoms with Crippen LogP contribution in [0.2, 0.25) is 0 Å². The Morgan fingerprint density at radius 2 is 2.31 bits per heavy atom. The predicted molar refractivity (Wildman–Crippen MR) is 56.8 cm³/mol. The number of aryl methyl sites for hydroxylation is 1. The highest BCUT2D eigenvalue weighted by molar-refractivity contribution is 9.10. The number of hydrogen-bond acceptors (Lipinski definition) is 1. The van der Waals surface area contributed by atoms with Crippen LogP contribution >= 0.6 is 15.9 Å².